The molecular formula is C22H28N6O2S. The van der Waals surface area contributed by atoms with Gasteiger partial charge in [-0.3, -0.25) is 5.41 Å². The van der Waals surface area contributed by atoms with Gasteiger partial charge in [-0.15, -0.1) is 22.0 Å². The first-order valence-electron chi connectivity index (χ1n) is 10.0. The van der Waals surface area contributed by atoms with Crippen LogP contribution in [0.1, 0.15) is 5.89 Å². The highest BCUT2D eigenvalue weighted by molar-refractivity contribution is 7.98. The van der Waals surface area contributed by atoms with Crippen LogP contribution in [-0.4, -0.2) is 60.6 Å². The Kier molecular flexibility index (Phi) is 8.74. The van der Waals surface area contributed by atoms with Crippen molar-refractivity contribution in [1.82, 2.24) is 20.4 Å². The van der Waals surface area contributed by atoms with Crippen LogP contribution in [0.2, 0.25) is 0 Å². The lowest BCUT2D eigenvalue weighted by Crippen LogP contribution is -2.34. The number of likely N-dealkylation sites (N-methyl/N-ethyl adjacent to an activating group) is 1. The van der Waals surface area contributed by atoms with E-state index < -0.39 is 0 Å². The van der Waals surface area contributed by atoms with Crippen molar-refractivity contribution in [2.24, 2.45) is 0 Å². The zero-order valence-electron chi connectivity index (χ0n) is 17.8. The van der Waals surface area contributed by atoms with E-state index in [9.17, 15) is 0 Å². The molecule has 0 aliphatic rings. The van der Waals surface area contributed by atoms with Crippen molar-refractivity contribution < 1.29 is 9.15 Å². The molecule has 0 bridgehead atoms. The standard InChI is InChI=1S/C22H28N6O2S/c1-28(2)13-12-24-22(23)25-18-10-8-17(9-11-18)21-27-26-20(30-21)16-31-15-14-29-19-6-4-3-5-7-19/h3-11H,12-16H2,1-2H3,(H3,23,24,25). The van der Waals surface area contributed by atoms with Crippen LogP contribution in [0.5, 0.6) is 5.75 Å². The average Bonchev–Trinajstić information content (AvgIpc) is 3.23. The monoisotopic (exact) mass is 440 g/mol. The Morgan fingerprint density at radius 3 is 2.61 bits per heavy atom. The highest BCUT2D eigenvalue weighted by atomic mass is 32.2. The van der Waals surface area contributed by atoms with Crippen molar-refractivity contribution >= 4 is 23.4 Å². The molecule has 3 rings (SSSR count). The summed E-state index contributed by atoms with van der Waals surface area (Å²) in [7, 11) is 4.00. The van der Waals surface area contributed by atoms with E-state index in [0.29, 0.717) is 30.7 Å². The first kappa shape index (κ1) is 22.6. The number of nitrogens with one attached hydrogen (secondary N) is 3. The minimum atomic E-state index is 0.267. The second kappa shape index (κ2) is 12.0. The molecule has 164 valence electrons. The number of para-hydroxylation sites is 1. The molecule has 0 unspecified atom stereocenters. The summed E-state index contributed by atoms with van der Waals surface area (Å²) in [5.41, 5.74) is 1.66. The molecule has 0 aliphatic heterocycles. The molecule has 0 spiro atoms. The Bertz CT molecular complexity index is 931. The van der Waals surface area contributed by atoms with E-state index >= 15 is 0 Å². The van der Waals surface area contributed by atoms with E-state index in [-0.39, 0.29) is 5.96 Å². The molecule has 0 radical (unpaired) electrons. The van der Waals surface area contributed by atoms with E-state index in [1.54, 1.807) is 11.8 Å². The predicted octanol–water partition coefficient (Wildman–Crippen LogP) is 3.55. The normalized spacial score (nSPS) is 10.8. The minimum absolute atomic E-state index is 0.267. The average molecular weight is 441 g/mol. The lowest BCUT2D eigenvalue weighted by Gasteiger charge is -2.13. The van der Waals surface area contributed by atoms with Gasteiger partial charge >= 0.3 is 0 Å². The number of rotatable bonds is 11. The summed E-state index contributed by atoms with van der Waals surface area (Å²) in [5.74, 6) is 3.70. The molecule has 3 aromatic rings. The maximum absolute atomic E-state index is 7.94. The van der Waals surface area contributed by atoms with Gasteiger partial charge in [0.05, 0.1) is 12.4 Å². The molecule has 9 heteroatoms. The molecule has 1 aromatic heterocycles. The Morgan fingerprint density at radius 2 is 1.87 bits per heavy atom. The Labute approximate surface area is 186 Å². The predicted molar refractivity (Wildman–Crippen MR) is 126 cm³/mol. The number of aromatic nitrogens is 2. The third-order valence-electron chi connectivity index (χ3n) is 4.19. The molecule has 0 atom stereocenters. The van der Waals surface area contributed by atoms with Crippen molar-refractivity contribution in [2.45, 2.75) is 5.75 Å². The summed E-state index contributed by atoms with van der Waals surface area (Å²) in [5, 5.41) is 22.3. The Morgan fingerprint density at radius 1 is 1.10 bits per heavy atom. The second-order valence-electron chi connectivity index (χ2n) is 7.02. The molecule has 31 heavy (non-hydrogen) atoms. The summed E-state index contributed by atoms with van der Waals surface area (Å²) < 4.78 is 11.4. The maximum Gasteiger partial charge on any atom is 0.247 e. The van der Waals surface area contributed by atoms with Gasteiger partial charge in [0.25, 0.3) is 0 Å². The van der Waals surface area contributed by atoms with Crippen LogP contribution in [0.4, 0.5) is 5.69 Å². The summed E-state index contributed by atoms with van der Waals surface area (Å²) in [4.78, 5) is 2.06. The lowest BCUT2D eigenvalue weighted by atomic mass is 10.2. The molecular weight excluding hydrogens is 412 g/mol. The van der Waals surface area contributed by atoms with Gasteiger partial charge < -0.3 is 24.7 Å². The van der Waals surface area contributed by atoms with Crippen molar-refractivity contribution in [2.75, 3.05) is 44.9 Å². The smallest absolute Gasteiger partial charge is 0.247 e. The fourth-order valence-corrected chi connectivity index (χ4v) is 3.25. The van der Waals surface area contributed by atoms with Crippen molar-refractivity contribution in [1.29, 1.82) is 5.41 Å². The fraction of sp³-hybridized carbons (Fsp3) is 0.318. The summed E-state index contributed by atoms with van der Waals surface area (Å²) in [6.07, 6.45) is 0. The molecule has 0 saturated carbocycles. The van der Waals surface area contributed by atoms with Crippen LogP contribution < -0.4 is 15.4 Å². The van der Waals surface area contributed by atoms with E-state index in [0.717, 1.165) is 29.3 Å². The molecule has 3 N–H and O–H groups in total. The fourth-order valence-electron chi connectivity index (χ4n) is 2.61. The van der Waals surface area contributed by atoms with Gasteiger partial charge in [-0.05, 0) is 50.5 Å². The summed E-state index contributed by atoms with van der Waals surface area (Å²) >= 11 is 1.69. The van der Waals surface area contributed by atoms with E-state index in [1.165, 1.54) is 0 Å². The summed E-state index contributed by atoms with van der Waals surface area (Å²) in [6.45, 7) is 2.20. The number of benzene rings is 2. The third-order valence-corrected chi connectivity index (χ3v) is 5.10. The highest BCUT2D eigenvalue weighted by Gasteiger charge is 2.09. The van der Waals surface area contributed by atoms with Gasteiger partial charge in [0.15, 0.2) is 5.96 Å². The zero-order chi connectivity index (χ0) is 21.9. The van der Waals surface area contributed by atoms with Gasteiger partial charge in [0.1, 0.15) is 5.75 Å². The SMILES string of the molecule is CN(C)CCNC(=N)Nc1ccc(-c2nnc(CSCCOc3ccccc3)o2)cc1. The second-order valence-corrected chi connectivity index (χ2v) is 8.13. The minimum Gasteiger partial charge on any atom is -0.493 e. The molecule has 1 heterocycles. The first-order chi connectivity index (χ1) is 15.1. The number of hydrogen-bond acceptors (Lipinski definition) is 7. The molecule has 0 saturated heterocycles. The number of thioether (sulfide) groups is 1. The van der Waals surface area contributed by atoms with E-state index in [2.05, 4.69) is 25.7 Å². The quantitative estimate of drug-likeness (QED) is 0.237. The first-order valence-corrected chi connectivity index (χ1v) is 11.2. The zero-order valence-corrected chi connectivity index (χ0v) is 18.6. The van der Waals surface area contributed by atoms with Crippen LogP contribution >= 0.6 is 11.8 Å². The van der Waals surface area contributed by atoms with Gasteiger partial charge in [-0.1, -0.05) is 18.2 Å². The number of anilines is 1. The third kappa shape index (κ3) is 7.95. The van der Waals surface area contributed by atoms with Crippen LogP contribution in [0.15, 0.2) is 59.0 Å². The molecule has 8 nitrogen and oxygen atoms in total. The van der Waals surface area contributed by atoms with Crippen LogP contribution in [-0.2, 0) is 5.75 Å². The van der Waals surface area contributed by atoms with Gasteiger partial charge in [-0.25, -0.2) is 0 Å². The maximum atomic E-state index is 7.94. The number of ether oxygens (including phenoxy) is 1. The van der Waals surface area contributed by atoms with Crippen molar-refractivity contribution in [3.63, 3.8) is 0 Å². The Hall–Kier alpha value is -3.04. The van der Waals surface area contributed by atoms with E-state index in [4.69, 9.17) is 14.6 Å². The number of guanidine groups is 1. The lowest BCUT2D eigenvalue weighted by molar-refractivity contribution is 0.344. The van der Waals surface area contributed by atoms with Crippen molar-refractivity contribution in [3.8, 4) is 17.2 Å². The largest absolute Gasteiger partial charge is 0.493 e. The van der Waals surface area contributed by atoms with Crippen LogP contribution in [0.3, 0.4) is 0 Å². The molecule has 0 aliphatic carbocycles. The molecule has 2 aromatic carbocycles. The number of nitrogens with zero attached hydrogens (tertiary/aromatic N) is 3. The van der Waals surface area contributed by atoms with Gasteiger partial charge in [0.2, 0.25) is 11.8 Å². The van der Waals surface area contributed by atoms with Crippen LogP contribution in [0, 0.1) is 5.41 Å². The van der Waals surface area contributed by atoms with Crippen molar-refractivity contribution in [3.05, 3.63) is 60.5 Å². The Balaban J connectivity index is 1.40. The topological polar surface area (TPSA) is 99.3 Å². The summed E-state index contributed by atoms with van der Waals surface area (Å²) in [6, 6.07) is 17.3. The number of hydrogen-bond donors (Lipinski definition) is 3. The molecule has 0 fully saturated rings. The van der Waals surface area contributed by atoms with Crippen LogP contribution in [0.25, 0.3) is 11.5 Å². The van der Waals surface area contributed by atoms with Gasteiger partial charge in [-0.2, -0.15) is 0 Å². The molecule has 0 amide bonds. The van der Waals surface area contributed by atoms with E-state index in [1.807, 2.05) is 68.7 Å². The highest BCUT2D eigenvalue weighted by Crippen LogP contribution is 2.22. The van der Waals surface area contributed by atoms with Gasteiger partial charge in [0, 0.05) is 30.1 Å².